The van der Waals surface area contributed by atoms with Gasteiger partial charge in [0.05, 0.1) is 10.6 Å². The van der Waals surface area contributed by atoms with Gasteiger partial charge in [0.2, 0.25) is 15.9 Å². The average Bonchev–Trinajstić information content (AvgIpc) is 3.08. The molecule has 0 aliphatic carbocycles. The van der Waals surface area contributed by atoms with Crippen LogP contribution in [0.3, 0.4) is 0 Å². The van der Waals surface area contributed by atoms with E-state index in [0.29, 0.717) is 24.8 Å². The van der Waals surface area contributed by atoms with Crippen LogP contribution in [-0.2, 0) is 14.8 Å². The van der Waals surface area contributed by atoms with Gasteiger partial charge >= 0.3 is 0 Å². The van der Waals surface area contributed by atoms with Gasteiger partial charge in [0.15, 0.2) is 0 Å². The third-order valence-corrected chi connectivity index (χ3v) is 8.42. The van der Waals surface area contributed by atoms with E-state index in [9.17, 15) is 13.2 Å². The molecule has 1 N–H and O–H groups in total. The van der Waals surface area contributed by atoms with E-state index in [0.717, 1.165) is 36.6 Å². The van der Waals surface area contributed by atoms with Gasteiger partial charge in [-0.25, -0.2) is 13.1 Å². The molecule has 1 aromatic rings. The summed E-state index contributed by atoms with van der Waals surface area (Å²) in [5, 5.41) is 0. The fraction of sp³-hybridized carbons (Fsp3) is 0.667. The third kappa shape index (κ3) is 5.96. The maximum atomic E-state index is 12.9. The number of hydrogen-bond donors (Lipinski definition) is 1. The van der Waals surface area contributed by atoms with E-state index in [1.165, 1.54) is 32.6 Å². The Bertz CT molecular complexity index is 805. The number of sulfonamides is 1. The minimum absolute atomic E-state index is 0.0532. The van der Waals surface area contributed by atoms with Crippen LogP contribution in [0.15, 0.2) is 28.0 Å². The number of anilines is 1. The summed E-state index contributed by atoms with van der Waals surface area (Å²) in [5.74, 6) is 0.873. The van der Waals surface area contributed by atoms with Crippen LogP contribution in [0.1, 0.15) is 52.4 Å². The summed E-state index contributed by atoms with van der Waals surface area (Å²) in [4.78, 5) is 17.4. The van der Waals surface area contributed by atoms with Crippen molar-refractivity contribution in [2.75, 3.05) is 36.8 Å². The van der Waals surface area contributed by atoms with E-state index >= 15 is 0 Å². The third-order valence-electron chi connectivity index (χ3n) is 5.81. The molecule has 0 spiro atoms. The van der Waals surface area contributed by atoms with Gasteiger partial charge < -0.3 is 9.80 Å². The first-order valence-electron chi connectivity index (χ1n) is 10.7. The van der Waals surface area contributed by atoms with Crippen molar-refractivity contribution in [2.24, 2.45) is 0 Å². The molecule has 1 saturated heterocycles. The molecule has 162 valence electrons. The second kappa shape index (κ2) is 10.3. The Hall–Kier alpha value is -1.09. The SMILES string of the molecule is CC(=O)N1CCCSc2ccc(S(=O)(=O)NCCC(C)N3CCCCCC3)cc21. The Kier molecular flexibility index (Phi) is 8.01. The Morgan fingerprint density at radius 1 is 1.14 bits per heavy atom. The number of rotatable bonds is 6. The fourth-order valence-electron chi connectivity index (χ4n) is 4.05. The van der Waals surface area contributed by atoms with Gasteiger partial charge in [-0.1, -0.05) is 12.8 Å². The molecule has 1 amide bonds. The van der Waals surface area contributed by atoms with Gasteiger partial charge in [-0.15, -0.1) is 11.8 Å². The number of likely N-dealkylation sites (tertiary alicyclic amines) is 1. The van der Waals surface area contributed by atoms with Gasteiger partial charge in [0, 0.05) is 31.0 Å². The summed E-state index contributed by atoms with van der Waals surface area (Å²) in [7, 11) is -3.60. The Morgan fingerprint density at radius 2 is 1.86 bits per heavy atom. The lowest BCUT2D eigenvalue weighted by molar-refractivity contribution is -0.116. The van der Waals surface area contributed by atoms with Gasteiger partial charge in [0.1, 0.15) is 0 Å². The van der Waals surface area contributed by atoms with Crippen LogP contribution in [0, 0.1) is 0 Å². The van der Waals surface area contributed by atoms with Crippen molar-refractivity contribution >= 4 is 33.4 Å². The molecule has 1 unspecified atom stereocenters. The number of nitrogens with zero attached hydrogens (tertiary/aromatic N) is 2. The van der Waals surface area contributed by atoms with Crippen molar-refractivity contribution in [3.05, 3.63) is 18.2 Å². The first-order valence-corrected chi connectivity index (χ1v) is 13.1. The van der Waals surface area contributed by atoms with E-state index < -0.39 is 10.0 Å². The topological polar surface area (TPSA) is 69.7 Å². The highest BCUT2D eigenvalue weighted by atomic mass is 32.2. The van der Waals surface area contributed by atoms with Crippen molar-refractivity contribution in [2.45, 2.75) is 68.2 Å². The van der Waals surface area contributed by atoms with Gasteiger partial charge in [-0.2, -0.15) is 0 Å². The molecule has 2 aliphatic rings. The van der Waals surface area contributed by atoms with Gasteiger partial charge in [0.25, 0.3) is 0 Å². The number of carbonyl (C=O) groups excluding carboxylic acids is 1. The van der Waals surface area contributed by atoms with E-state index in [-0.39, 0.29) is 10.8 Å². The van der Waals surface area contributed by atoms with Gasteiger partial charge in [-0.3, -0.25) is 4.79 Å². The van der Waals surface area contributed by atoms with Crippen LogP contribution in [0.25, 0.3) is 0 Å². The number of carbonyl (C=O) groups is 1. The molecule has 29 heavy (non-hydrogen) atoms. The number of nitrogens with one attached hydrogen (secondary N) is 1. The first kappa shape index (κ1) is 22.6. The van der Waals surface area contributed by atoms with Crippen molar-refractivity contribution in [3.8, 4) is 0 Å². The number of amides is 1. The van der Waals surface area contributed by atoms with E-state index in [4.69, 9.17) is 0 Å². The smallest absolute Gasteiger partial charge is 0.240 e. The lowest BCUT2D eigenvalue weighted by Gasteiger charge is -2.27. The summed E-state index contributed by atoms with van der Waals surface area (Å²) < 4.78 is 28.5. The van der Waals surface area contributed by atoms with Crippen molar-refractivity contribution in [1.82, 2.24) is 9.62 Å². The van der Waals surface area contributed by atoms with Gasteiger partial charge in [-0.05, 0) is 69.6 Å². The highest BCUT2D eigenvalue weighted by molar-refractivity contribution is 7.99. The van der Waals surface area contributed by atoms with E-state index in [1.807, 2.05) is 6.07 Å². The van der Waals surface area contributed by atoms with Crippen LogP contribution < -0.4 is 9.62 Å². The Morgan fingerprint density at radius 3 is 2.55 bits per heavy atom. The highest BCUT2D eigenvalue weighted by Gasteiger charge is 2.23. The molecule has 6 nitrogen and oxygen atoms in total. The van der Waals surface area contributed by atoms with Crippen LogP contribution in [0.4, 0.5) is 5.69 Å². The number of fused-ring (bicyclic) bond motifs is 1. The van der Waals surface area contributed by atoms with E-state index in [2.05, 4.69) is 16.5 Å². The predicted octanol–water partition coefficient (Wildman–Crippen LogP) is 3.47. The molecule has 0 radical (unpaired) electrons. The summed E-state index contributed by atoms with van der Waals surface area (Å²) in [6, 6.07) is 5.49. The Balaban J connectivity index is 1.65. The molecular formula is C21H33N3O3S2. The molecule has 8 heteroatoms. The van der Waals surface area contributed by atoms with Crippen LogP contribution in [0.5, 0.6) is 0 Å². The highest BCUT2D eigenvalue weighted by Crippen LogP contribution is 2.35. The second-order valence-electron chi connectivity index (χ2n) is 7.99. The monoisotopic (exact) mass is 439 g/mol. The first-order chi connectivity index (χ1) is 13.9. The molecule has 2 heterocycles. The summed E-state index contributed by atoms with van der Waals surface area (Å²) in [6.45, 7) is 6.98. The Labute approximate surface area is 179 Å². The van der Waals surface area contributed by atoms with Crippen molar-refractivity contribution in [3.63, 3.8) is 0 Å². The molecule has 0 bridgehead atoms. The van der Waals surface area contributed by atoms with Crippen LogP contribution in [-0.4, -0.2) is 57.2 Å². The molecule has 1 atom stereocenters. The normalized spacial score (nSPS) is 19.9. The van der Waals surface area contributed by atoms with E-state index in [1.54, 1.807) is 28.8 Å². The zero-order valence-corrected chi connectivity index (χ0v) is 19.2. The second-order valence-corrected chi connectivity index (χ2v) is 10.9. The quantitative estimate of drug-likeness (QED) is 0.735. The minimum atomic E-state index is -3.60. The number of benzene rings is 1. The predicted molar refractivity (Wildman–Crippen MR) is 119 cm³/mol. The van der Waals surface area contributed by atoms with Crippen molar-refractivity contribution in [1.29, 1.82) is 0 Å². The summed E-state index contributed by atoms with van der Waals surface area (Å²) in [6.07, 6.45) is 6.74. The van der Waals surface area contributed by atoms with Crippen LogP contribution >= 0.6 is 11.8 Å². The molecule has 1 aromatic carbocycles. The fourth-order valence-corrected chi connectivity index (χ4v) is 6.10. The maximum Gasteiger partial charge on any atom is 0.240 e. The average molecular weight is 440 g/mol. The minimum Gasteiger partial charge on any atom is -0.311 e. The molecule has 2 aliphatic heterocycles. The molecule has 0 aromatic heterocycles. The molecule has 0 saturated carbocycles. The molecule has 1 fully saturated rings. The zero-order valence-electron chi connectivity index (χ0n) is 17.5. The standard InChI is InChI=1S/C21H33N3O3S2/c1-17(23-12-5-3-4-6-13-23)10-11-22-29(26,27)19-8-9-21-20(16-19)24(18(2)25)14-7-15-28-21/h8-9,16-17,22H,3-7,10-15H2,1-2H3. The molecule has 3 rings (SSSR count). The lowest BCUT2D eigenvalue weighted by Crippen LogP contribution is -2.37. The summed E-state index contributed by atoms with van der Waals surface area (Å²) >= 11 is 1.67. The van der Waals surface area contributed by atoms with Crippen LogP contribution in [0.2, 0.25) is 0 Å². The lowest BCUT2D eigenvalue weighted by atomic mass is 10.2. The largest absolute Gasteiger partial charge is 0.311 e. The number of hydrogen-bond acceptors (Lipinski definition) is 5. The number of thioether (sulfide) groups is 1. The van der Waals surface area contributed by atoms with Crippen molar-refractivity contribution < 1.29 is 13.2 Å². The zero-order chi connectivity index (χ0) is 20.9. The summed E-state index contributed by atoms with van der Waals surface area (Å²) in [5.41, 5.74) is 0.709. The maximum absolute atomic E-state index is 12.9. The molecular weight excluding hydrogens is 406 g/mol.